The monoisotopic (exact) mass is 176 g/mol. The van der Waals surface area contributed by atoms with Gasteiger partial charge in [0.15, 0.2) is 0 Å². The molecule has 0 atom stereocenters. The summed E-state index contributed by atoms with van der Waals surface area (Å²) in [6, 6.07) is 7.95. The number of hydrogen-bond donors (Lipinski definition) is 1. The number of aryl methyl sites for hydroxylation is 1. The van der Waals surface area contributed by atoms with Gasteiger partial charge in [0.1, 0.15) is 5.82 Å². The Bertz CT molecular complexity index is 420. The fourth-order valence-electron chi connectivity index (χ4n) is 1.58. The maximum absolute atomic E-state index is 8.87. The highest BCUT2D eigenvalue weighted by atomic mass is 16.3. The first-order valence-corrected chi connectivity index (χ1v) is 4.35. The third-order valence-corrected chi connectivity index (χ3v) is 2.17. The highest BCUT2D eigenvalue weighted by Crippen LogP contribution is 2.14. The molecule has 0 saturated heterocycles. The number of para-hydroxylation sites is 2. The molecule has 68 valence electrons. The summed E-state index contributed by atoms with van der Waals surface area (Å²) >= 11 is 0. The zero-order chi connectivity index (χ0) is 9.26. The maximum atomic E-state index is 8.87. The second-order valence-electron chi connectivity index (χ2n) is 3.02. The third-order valence-electron chi connectivity index (χ3n) is 2.17. The molecule has 0 aliphatic rings. The van der Waals surface area contributed by atoms with Crippen LogP contribution in [0.1, 0.15) is 5.82 Å². The van der Waals surface area contributed by atoms with Crippen molar-refractivity contribution in [2.45, 2.75) is 13.5 Å². The summed E-state index contributed by atoms with van der Waals surface area (Å²) in [6.07, 6.45) is 0. The van der Waals surface area contributed by atoms with Gasteiger partial charge in [-0.15, -0.1) is 0 Å². The smallest absolute Gasteiger partial charge is 0.106 e. The van der Waals surface area contributed by atoms with E-state index in [-0.39, 0.29) is 6.61 Å². The lowest BCUT2D eigenvalue weighted by Gasteiger charge is -2.02. The number of hydrogen-bond acceptors (Lipinski definition) is 2. The normalized spacial score (nSPS) is 10.9. The van der Waals surface area contributed by atoms with Gasteiger partial charge >= 0.3 is 0 Å². The minimum atomic E-state index is 0.154. The van der Waals surface area contributed by atoms with Crippen LogP contribution in [0.25, 0.3) is 11.0 Å². The van der Waals surface area contributed by atoms with Crippen molar-refractivity contribution < 1.29 is 5.11 Å². The molecule has 1 aromatic heterocycles. The van der Waals surface area contributed by atoms with Crippen LogP contribution in [0.5, 0.6) is 0 Å². The third kappa shape index (κ3) is 1.31. The van der Waals surface area contributed by atoms with Crippen LogP contribution in [0.4, 0.5) is 0 Å². The Morgan fingerprint density at radius 2 is 2.15 bits per heavy atom. The Morgan fingerprint density at radius 3 is 2.92 bits per heavy atom. The van der Waals surface area contributed by atoms with Gasteiger partial charge in [0.05, 0.1) is 17.6 Å². The van der Waals surface area contributed by atoms with E-state index < -0.39 is 0 Å². The molecule has 1 heterocycles. The van der Waals surface area contributed by atoms with Crippen molar-refractivity contribution in [2.24, 2.45) is 0 Å². The lowest BCUT2D eigenvalue weighted by Crippen LogP contribution is -2.03. The lowest BCUT2D eigenvalue weighted by atomic mass is 10.3. The predicted octanol–water partition coefficient (Wildman–Crippen LogP) is 1.34. The van der Waals surface area contributed by atoms with Crippen molar-refractivity contribution in [3.05, 3.63) is 30.1 Å². The van der Waals surface area contributed by atoms with E-state index in [0.717, 1.165) is 16.9 Å². The van der Waals surface area contributed by atoms with Crippen LogP contribution < -0.4 is 0 Å². The maximum Gasteiger partial charge on any atom is 0.106 e. The van der Waals surface area contributed by atoms with Crippen LogP contribution in [-0.2, 0) is 6.54 Å². The van der Waals surface area contributed by atoms with Gasteiger partial charge in [-0.25, -0.2) is 4.98 Å². The van der Waals surface area contributed by atoms with Crippen LogP contribution in [0, 0.1) is 6.92 Å². The van der Waals surface area contributed by atoms with Crippen molar-refractivity contribution >= 4 is 11.0 Å². The first-order chi connectivity index (χ1) is 6.33. The Kier molecular flexibility index (Phi) is 2.02. The standard InChI is InChI=1S/C10H12N2O/c1-8-11-9-4-2-3-5-10(9)12(8)6-7-13/h2-5,13H,6-7H2,1H3. The molecule has 2 aromatic rings. The van der Waals surface area contributed by atoms with Gasteiger partial charge in [0, 0.05) is 6.54 Å². The summed E-state index contributed by atoms with van der Waals surface area (Å²) in [5.41, 5.74) is 2.09. The number of nitrogens with zero attached hydrogens (tertiary/aromatic N) is 2. The number of aliphatic hydroxyl groups excluding tert-OH is 1. The van der Waals surface area contributed by atoms with Crippen LogP contribution in [0.15, 0.2) is 24.3 Å². The van der Waals surface area contributed by atoms with E-state index in [4.69, 9.17) is 5.11 Å². The fourth-order valence-corrected chi connectivity index (χ4v) is 1.58. The Balaban J connectivity index is 2.64. The zero-order valence-corrected chi connectivity index (χ0v) is 7.57. The molecule has 1 aromatic carbocycles. The van der Waals surface area contributed by atoms with Crippen LogP contribution >= 0.6 is 0 Å². The van der Waals surface area contributed by atoms with Gasteiger partial charge in [0.2, 0.25) is 0 Å². The second kappa shape index (κ2) is 3.18. The highest BCUT2D eigenvalue weighted by Gasteiger charge is 2.04. The average molecular weight is 176 g/mol. The molecule has 0 bridgehead atoms. The minimum Gasteiger partial charge on any atom is -0.395 e. The summed E-state index contributed by atoms with van der Waals surface area (Å²) < 4.78 is 2.02. The number of aliphatic hydroxyl groups is 1. The molecular weight excluding hydrogens is 164 g/mol. The number of benzene rings is 1. The van der Waals surface area contributed by atoms with Gasteiger partial charge < -0.3 is 9.67 Å². The van der Waals surface area contributed by atoms with Crippen molar-refractivity contribution in [3.8, 4) is 0 Å². The van der Waals surface area contributed by atoms with Gasteiger partial charge in [0.25, 0.3) is 0 Å². The number of imidazole rings is 1. The zero-order valence-electron chi connectivity index (χ0n) is 7.57. The number of rotatable bonds is 2. The van der Waals surface area contributed by atoms with Crippen molar-refractivity contribution in [3.63, 3.8) is 0 Å². The van der Waals surface area contributed by atoms with Crippen molar-refractivity contribution in [1.82, 2.24) is 9.55 Å². The summed E-state index contributed by atoms with van der Waals surface area (Å²) in [6.45, 7) is 2.73. The predicted molar refractivity (Wildman–Crippen MR) is 51.6 cm³/mol. The average Bonchev–Trinajstić information content (AvgIpc) is 2.44. The van der Waals surface area contributed by atoms with Gasteiger partial charge in [-0.3, -0.25) is 0 Å². The van der Waals surface area contributed by atoms with Crippen molar-refractivity contribution in [2.75, 3.05) is 6.61 Å². The molecule has 0 unspecified atom stereocenters. The van der Waals surface area contributed by atoms with E-state index in [1.54, 1.807) is 0 Å². The van der Waals surface area contributed by atoms with E-state index in [9.17, 15) is 0 Å². The molecule has 0 fully saturated rings. The lowest BCUT2D eigenvalue weighted by molar-refractivity contribution is 0.276. The Morgan fingerprint density at radius 1 is 1.38 bits per heavy atom. The topological polar surface area (TPSA) is 38.0 Å². The molecule has 2 rings (SSSR count). The van der Waals surface area contributed by atoms with E-state index in [1.807, 2.05) is 35.8 Å². The van der Waals surface area contributed by atoms with Crippen molar-refractivity contribution in [1.29, 1.82) is 0 Å². The minimum absolute atomic E-state index is 0.154. The van der Waals surface area contributed by atoms with Crippen LogP contribution in [0.3, 0.4) is 0 Å². The van der Waals surface area contributed by atoms with Crippen LogP contribution in [0.2, 0.25) is 0 Å². The molecular formula is C10H12N2O. The summed E-state index contributed by atoms with van der Waals surface area (Å²) in [4.78, 5) is 4.38. The molecule has 0 amide bonds. The molecule has 0 spiro atoms. The summed E-state index contributed by atoms with van der Waals surface area (Å²) in [5, 5.41) is 8.87. The number of fused-ring (bicyclic) bond motifs is 1. The first kappa shape index (κ1) is 8.26. The van der Waals surface area contributed by atoms with E-state index in [0.29, 0.717) is 6.54 Å². The van der Waals surface area contributed by atoms with E-state index in [2.05, 4.69) is 4.98 Å². The summed E-state index contributed by atoms with van der Waals surface area (Å²) in [5.74, 6) is 0.954. The fraction of sp³-hybridized carbons (Fsp3) is 0.300. The summed E-state index contributed by atoms with van der Waals surface area (Å²) in [7, 11) is 0. The quantitative estimate of drug-likeness (QED) is 0.749. The van der Waals surface area contributed by atoms with E-state index in [1.165, 1.54) is 0 Å². The molecule has 0 saturated carbocycles. The van der Waals surface area contributed by atoms with E-state index >= 15 is 0 Å². The molecule has 0 radical (unpaired) electrons. The second-order valence-corrected chi connectivity index (χ2v) is 3.02. The van der Waals surface area contributed by atoms with Gasteiger partial charge in [-0.2, -0.15) is 0 Å². The Labute approximate surface area is 76.6 Å². The molecule has 0 aliphatic heterocycles. The SMILES string of the molecule is Cc1nc2ccccc2n1CCO. The van der Waals surface area contributed by atoms with Gasteiger partial charge in [-0.1, -0.05) is 12.1 Å². The number of aromatic nitrogens is 2. The van der Waals surface area contributed by atoms with Crippen LogP contribution in [-0.4, -0.2) is 21.3 Å². The first-order valence-electron chi connectivity index (χ1n) is 4.35. The largest absolute Gasteiger partial charge is 0.395 e. The molecule has 0 aliphatic carbocycles. The highest BCUT2D eigenvalue weighted by molar-refractivity contribution is 5.75. The molecule has 3 nitrogen and oxygen atoms in total. The Hall–Kier alpha value is -1.35. The molecule has 13 heavy (non-hydrogen) atoms. The van der Waals surface area contributed by atoms with Gasteiger partial charge in [-0.05, 0) is 19.1 Å². The molecule has 1 N–H and O–H groups in total. The molecule has 3 heteroatoms.